The number of urea groups is 1. The van der Waals surface area contributed by atoms with E-state index in [1.54, 1.807) is 17.0 Å². The highest BCUT2D eigenvalue weighted by Gasteiger charge is 2.41. The number of nitrogens with zero attached hydrogens (tertiary/aromatic N) is 2. The molecule has 2 amide bonds. The van der Waals surface area contributed by atoms with Gasteiger partial charge in [-0.2, -0.15) is 0 Å². The first-order valence-electron chi connectivity index (χ1n) is 10.9. The summed E-state index contributed by atoms with van der Waals surface area (Å²) in [6.45, 7) is 1.11. The molecule has 0 saturated heterocycles. The molecule has 164 valence electrons. The molecular formula is C26H26FN3O2. The van der Waals surface area contributed by atoms with Crippen LogP contribution in [0.3, 0.4) is 0 Å². The van der Waals surface area contributed by atoms with E-state index in [0.29, 0.717) is 13.1 Å². The molecule has 32 heavy (non-hydrogen) atoms. The van der Waals surface area contributed by atoms with Gasteiger partial charge in [-0.1, -0.05) is 60.7 Å². The third-order valence-corrected chi connectivity index (χ3v) is 6.66. The monoisotopic (exact) mass is 431 g/mol. The molecule has 0 fully saturated rings. The van der Waals surface area contributed by atoms with Crippen molar-refractivity contribution in [3.63, 3.8) is 0 Å². The lowest BCUT2D eigenvalue weighted by atomic mass is 9.85. The van der Waals surface area contributed by atoms with Gasteiger partial charge in [0.25, 0.3) is 0 Å². The van der Waals surface area contributed by atoms with Crippen molar-refractivity contribution in [2.24, 2.45) is 5.73 Å². The number of hydrogen-bond donors (Lipinski definition) is 2. The summed E-state index contributed by atoms with van der Waals surface area (Å²) in [5, 5.41) is 11.2. The molecule has 3 aromatic carbocycles. The second kappa shape index (κ2) is 8.04. The fourth-order valence-corrected chi connectivity index (χ4v) is 5.04. The number of nitrogens with two attached hydrogens (primary N) is 1. The van der Waals surface area contributed by atoms with Gasteiger partial charge in [-0.25, -0.2) is 9.18 Å². The molecule has 3 aromatic rings. The lowest BCUT2D eigenvalue weighted by molar-refractivity contribution is -0.00315. The Morgan fingerprint density at radius 2 is 1.72 bits per heavy atom. The summed E-state index contributed by atoms with van der Waals surface area (Å²) in [6, 6.07) is 21.5. The van der Waals surface area contributed by atoms with Gasteiger partial charge in [0.2, 0.25) is 0 Å². The molecule has 6 heteroatoms. The van der Waals surface area contributed by atoms with Crippen LogP contribution in [0.4, 0.5) is 9.18 Å². The number of aliphatic hydroxyl groups is 1. The van der Waals surface area contributed by atoms with Crippen molar-refractivity contribution in [1.82, 2.24) is 9.80 Å². The first-order valence-corrected chi connectivity index (χ1v) is 10.9. The number of fused-ring (bicyclic) bond motifs is 2. The van der Waals surface area contributed by atoms with Crippen LogP contribution in [0.15, 0.2) is 72.8 Å². The maximum absolute atomic E-state index is 13.9. The zero-order valence-electron chi connectivity index (χ0n) is 17.7. The van der Waals surface area contributed by atoms with Crippen molar-refractivity contribution in [1.29, 1.82) is 0 Å². The normalized spacial score (nSPS) is 22.3. The number of carbonyl (C=O) groups excluding carboxylic acids is 1. The number of hydrogen-bond acceptors (Lipinski definition) is 3. The average molecular weight is 432 g/mol. The molecule has 5 nitrogen and oxygen atoms in total. The first-order chi connectivity index (χ1) is 15.5. The predicted molar refractivity (Wildman–Crippen MR) is 120 cm³/mol. The van der Waals surface area contributed by atoms with E-state index in [-0.39, 0.29) is 31.0 Å². The zero-order valence-corrected chi connectivity index (χ0v) is 17.7. The van der Waals surface area contributed by atoms with Gasteiger partial charge in [0.1, 0.15) is 11.4 Å². The van der Waals surface area contributed by atoms with Gasteiger partial charge in [-0.05, 0) is 46.4 Å². The predicted octanol–water partition coefficient (Wildman–Crippen LogP) is 3.56. The standard InChI is InChI=1S/C26H26FN3O2/c27-21-11-9-19(10-12-21)24-22-7-3-1-5-18(22)13-14-30(24)25(31)29-15-20-6-2-4-8-23(20)26(32,16-28)17-29/h1-12,24,32H,13-17,28H2/t24-,26+/m0/s1. The minimum atomic E-state index is -1.29. The van der Waals surface area contributed by atoms with E-state index in [1.807, 2.05) is 47.4 Å². The van der Waals surface area contributed by atoms with E-state index < -0.39 is 5.60 Å². The van der Waals surface area contributed by atoms with Gasteiger partial charge in [0.05, 0.1) is 12.6 Å². The second-order valence-electron chi connectivity index (χ2n) is 8.63. The maximum Gasteiger partial charge on any atom is 0.321 e. The number of β-amino-alcohol motifs (C(OH)–C–C–N with tert-alkyl or cyclic N) is 1. The van der Waals surface area contributed by atoms with Gasteiger partial charge in [-0.3, -0.25) is 0 Å². The van der Waals surface area contributed by atoms with Gasteiger partial charge in [0, 0.05) is 19.6 Å². The van der Waals surface area contributed by atoms with Crippen LogP contribution in [-0.2, 0) is 18.6 Å². The highest BCUT2D eigenvalue weighted by atomic mass is 19.1. The van der Waals surface area contributed by atoms with Gasteiger partial charge in [-0.15, -0.1) is 0 Å². The molecule has 0 aliphatic carbocycles. The highest BCUT2D eigenvalue weighted by Crippen LogP contribution is 2.38. The molecule has 0 bridgehead atoms. The Hall–Kier alpha value is -3.22. The van der Waals surface area contributed by atoms with Crippen LogP contribution in [0.25, 0.3) is 0 Å². The molecule has 0 aromatic heterocycles. The quantitative estimate of drug-likeness (QED) is 0.652. The number of benzene rings is 3. The zero-order chi connectivity index (χ0) is 22.3. The second-order valence-corrected chi connectivity index (χ2v) is 8.63. The molecule has 3 N–H and O–H groups in total. The minimum Gasteiger partial charge on any atom is -0.382 e. The molecule has 2 heterocycles. The van der Waals surface area contributed by atoms with Crippen molar-refractivity contribution in [2.45, 2.75) is 24.6 Å². The van der Waals surface area contributed by atoms with Gasteiger partial charge < -0.3 is 20.6 Å². The van der Waals surface area contributed by atoms with E-state index in [1.165, 1.54) is 17.7 Å². The van der Waals surface area contributed by atoms with Crippen LogP contribution in [0.5, 0.6) is 0 Å². The van der Waals surface area contributed by atoms with Crippen LogP contribution >= 0.6 is 0 Å². The fraction of sp³-hybridized carbons (Fsp3) is 0.269. The summed E-state index contributed by atoms with van der Waals surface area (Å²) in [5.74, 6) is -0.309. The summed E-state index contributed by atoms with van der Waals surface area (Å²) in [5.41, 5.74) is 9.44. The maximum atomic E-state index is 13.9. The van der Waals surface area contributed by atoms with E-state index in [4.69, 9.17) is 5.73 Å². The number of carbonyl (C=O) groups is 1. The Labute approximate surface area is 186 Å². The number of rotatable bonds is 2. The average Bonchev–Trinajstić information content (AvgIpc) is 2.83. The Morgan fingerprint density at radius 3 is 2.47 bits per heavy atom. The first kappa shape index (κ1) is 20.7. The molecular weight excluding hydrogens is 405 g/mol. The number of halogens is 1. The summed E-state index contributed by atoms with van der Waals surface area (Å²) in [6.07, 6.45) is 0.741. The molecule has 0 saturated carbocycles. The summed E-state index contributed by atoms with van der Waals surface area (Å²) in [7, 11) is 0. The van der Waals surface area contributed by atoms with Crippen molar-refractivity contribution < 1.29 is 14.3 Å². The lowest BCUT2D eigenvalue weighted by Crippen LogP contribution is -2.56. The molecule has 2 atom stereocenters. The SMILES string of the molecule is NC[C@@]1(O)CN(C(=O)N2CCc3ccccc3[C@@H]2c2ccc(F)cc2)Cc2ccccc21. The smallest absolute Gasteiger partial charge is 0.321 e. The third-order valence-electron chi connectivity index (χ3n) is 6.66. The topological polar surface area (TPSA) is 69.8 Å². The van der Waals surface area contributed by atoms with E-state index >= 15 is 0 Å². The molecule has 0 radical (unpaired) electrons. The van der Waals surface area contributed by atoms with E-state index in [9.17, 15) is 14.3 Å². The largest absolute Gasteiger partial charge is 0.382 e. The molecule has 2 aliphatic heterocycles. The van der Waals surface area contributed by atoms with Crippen molar-refractivity contribution >= 4 is 6.03 Å². The minimum absolute atomic E-state index is 0.0258. The summed E-state index contributed by atoms with van der Waals surface area (Å²) >= 11 is 0. The summed E-state index contributed by atoms with van der Waals surface area (Å²) in [4.78, 5) is 17.4. The molecule has 2 aliphatic rings. The molecule has 0 spiro atoms. The molecule has 0 unspecified atom stereocenters. The highest BCUT2D eigenvalue weighted by molar-refractivity contribution is 5.77. The summed E-state index contributed by atoms with van der Waals surface area (Å²) < 4.78 is 13.6. The Bertz CT molecular complexity index is 1150. The van der Waals surface area contributed by atoms with Gasteiger partial charge in [0.15, 0.2) is 0 Å². The Morgan fingerprint density at radius 1 is 1.03 bits per heavy atom. The van der Waals surface area contributed by atoms with Crippen molar-refractivity contribution in [2.75, 3.05) is 19.6 Å². The molecule has 5 rings (SSSR count). The Balaban J connectivity index is 1.53. The lowest BCUT2D eigenvalue weighted by Gasteiger charge is -2.45. The third kappa shape index (κ3) is 3.45. The van der Waals surface area contributed by atoms with Crippen LogP contribution in [0.2, 0.25) is 0 Å². The van der Waals surface area contributed by atoms with E-state index in [2.05, 4.69) is 6.07 Å². The van der Waals surface area contributed by atoms with Crippen LogP contribution in [-0.4, -0.2) is 40.6 Å². The van der Waals surface area contributed by atoms with Crippen LogP contribution < -0.4 is 5.73 Å². The fourth-order valence-electron chi connectivity index (χ4n) is 5.04. The van der Waals surface area contributed by atoms with Crippen LogP contribution in [0, 0.1) is 5.82 Å². The number of amides is 2. The Kier molecular flexibility index (Phi) is 5.19. The van der Waals surface area contributed by atoms with E-state index in [0.717, 1.165) is 28.7 Å². The van der Waals surface area contributed by atoms with Gasteiger partial charge >= 0.3 is 6.03 Å². The van der Waals surface area contributed by atoms with Crippen molar-refractivity contribution in [3.8, 4) is 0 Å². The van der Waals surface area contributed by atoms with Crippen LogP contribution in [0.1, 0.15) is 33.9 Å². The van der Waals surface area contributed by atoms with Crippen molar-refractivity contribution in [3.05, 3.63) is 106 Å².